The van der Waals surface area contributed by atoms with Gasteiger partial charge in [0.2, 0.25) is 0 Å². The number of hydrogen-bond donors (Lipinski definition) is 0. The van der Waals surface area contributed by atoms with E-state index >= 15 is 0 Å². The summed E-state index contributed by atoms with van der Waals surface area (Å²) < 4.78 is 40.2. The molecular formula is C25H31F3O. The van der Waals surface area contributed by atoms with Crippen LogP contribution in [0.1, 0.15) is 44.4 Å². The van der Waals surface area contributed by atoms with Crippen LogP contribution in [0.3, 0.4) is 0 Å². The zero-order valence-corrected chi connectivity index (χ0v) is 17.7. The fraction of sp³-hybridized carbons (Fsp3) is 0.360. The first-order chi connectivity index (χ1) is 13.7. The van der Waals surface area contributed by atoms with Gasteiger partial charge in [0.15, 0.2) is 0 Å². The Morgan fingerprint density at radius 1 is 0.793 bits per heavy atom. The van der Waals surface area contributed by atoms with Gasteiger partial charge in [0.05, 0.1) is 0 Å². The maximum absolute atomic E-state index is 12.4. The van der Waals surface area contributed by atoms with Gasteiger partial charge in [-0.3, -0.25) is 0 Å². The van der Waals surface area contributed by atoms with Crippen LogP contribution in [0.5, 0.6) is 5.75 Å². The lowest BCUT2D eigenvalue weighted by Gasteiger charge is -2.06. The molecule has 0 amide bonds. The summed E-state index contributed by atoms with van der Waals surface area (Å²) in [6, 6.07) is 13.4. The highest BCUT2D eigenvalue weighted by Gasteiger charge is 2.07. The van der Waals surface area contributed by atoms with Crippen LogP contribution in [-0.2, 0) is 19.3 Å². The minimum Gasteiger partial charge on any atom is -0.428 e. The van der Waals surface area contributed by atoms with Crippen LogP contribution in [0.25, 0.3) is 0 Å². The minimum atomic E-state index is -2.45. The monoisotopic (exact) mass is 404 g/mol. The Hall–Kier alpha value is -2.49. The van der Waals surface area contributed by atoms with Gasteiger partial charge in [-0.05, 0) is 59.9 Å². The lowest BCUT2D eigenvalue weighted by molar-refractivity contribution is 0.241. The van der Waals surface area contributed by atoms with Gasteiger partial charge in [-0.25, -0.2) is 0 Å². The van der Waals surface area contributed by atoms with E-state index in [1.54, 1.807) is 12.1 Å². The maximum Gasteiger partial charge on any atom is 0.344 e. The highest BCUT2D eigenvalue weighted by Crippen LogP contribution is 2.20. The average Bonchev–Trinajstić information content (AvgIpc) is 2.65. The van der Waals surface area contributed by atoms with Crippen LogP contribution >= 0.6 is 0 Å². The number of hydrogen-bond acceptors (Lipinski definition) is 1. The molecule has 2 aromatic carbocycles. The topological polar surface area (TPSA) is 9.23 Å². The van der Waals surface area contributed by atoms with E-state index in [9.17, 15) is 13.2 Å². The second kappa shape index (κ2) is 12.9. The first kappa shape index (κ1) is 24.5. The van der Waals surface area contributed by atoms with E-state index < -0.39 is 12.1 Å². The summed E-state index contributed by atoms with van der Waals surface area (Å²) in [5, 5.41) is 0. The van der Waals surface area contributed by atoms with Crippen LogP contribution in [0.2, 0.25) is 0 Å². The Labute approximate surface area is 172 Å². The smallest absolute Gasteiger partial charge is 0.344 e. The number of rotatable bonds is 8. The second-order valence-electron chi connectivity index (χ2n) is 7.79. The molecule has 0 saturated heterocycles. The van der Waals surface area contributed by atoms with Crippen LogP contribution in [0, 0.1) is 11.8 Å². The molecule has 0 saturated carbocycles. The average molecular weight is 405 g/mol. The van der Waals surface area contributed by atoms with E-state index in [1.165, 1.54) is 29.7 Å². The first-order valence-electron chi connectivity index (χ1n) is 9.87. The largest absolute Gasteiger partial charge is 0.428 e. The molecule has 0 spiro atoms. The predicted molar refractivity (Wildman–Crippen MR) is 115 cm³/mol. The van der Waals surface area contributed by atoms with Crippen molar-refractivity contribution in [3.05, 3.63) is 90.0 Å². The summed E-state index contributed by atoms with van der Waals surface area (Å²) in [6.07, 6.45) is 2.52. The Morgan fingerprint density at radius 2 is 1.21 bits per heavy atom. The molecule has 29 heavy (non-hydrogen) atoms. The molecule has 158 valence electrons. The van der Waals surface area contributed by atoms with E-state index in [2.05, 4.69) is 63.3 Å². The van der Waals surface area contributed by atoms with E-state index in [4.69, 9.17) is 0 Å². The van der Waals surface area contributed by atoms with Crippen molar-refractivity contribution >= 4 is 0 Å². The predicted octanol–water partition coefficient (Wildman–Crippen LogP) is 7.91. The maximum atomic E-state index is 12.4. The van der Waals surface area contributed by atoms with Crippen molar-refractivity contribution < 1.29 is 17.9 Å². The van der Waals surface area contributed by atoms with Crippen LogP contribution in [0.15, 0.2) is 73.3 Å². The van der Waals surface area contributed by atoms with Gasteiger partial charge >= 0.3 is 12.1 Å². The molecule has 0 radical (unpaired) electrons. The Morgan fingerprint density at radius 3 is 1.59 bits per heavy atom. The van der Waals surface area contributed by atoms with Crippen LogP contribution < -0.4 is 4.74 Å². The first-order valence-corrected chi connectivity index (χ1v) is 9.87. The van der Waals surface area contributed by atoms with Crippen LogP contribution in [-0.4, -0.2) is 0 Å². The molecule has 1 nitrogen and oxygen atoms in total. The van der Waals surface area contributed by atoms with Gasteiger partial charge in [-0.1, -0.05) is 70.2 Å². The zero-order valence-electron chi connectivity index (χ0n) is 17.7. The van der Waals surface area contributed by atoms with Crippen molar-refractivity contribution in [2.75, 3.05) is 0 Å². The molecule has 0 heterocycles. The summed E-state index contributed by atoms with van der Waals surface area (Å²) in [4.78, 5) is 0. The summed E-state index contributed by atoms with van der Waals surface area (Å²) >= 11 is 0. The van der Waals surface area contributed by atoms with E-state index in [-0.39, 0.29) is 5.75 Å². The van der Waals surface area contributed by atoms with Crippen molar-refractivity contribution in [3.63, 3.8) is 0 Å². The van der Waals surface area contributed by atoms with Gasteiger partial charge in [-0.2, -0.15) is 13.2 Å². The van der Waals surface area contributed by atoms with Crippen molar-refractivity contribution in [2.24, 2.45) is 11.8 Å². The number of halogens is 3. The number of allylic oxidation sites excluding steroid dienone is 1. The fourth-order valence-electron chi connectivity index (χ4n) is 2.76. The quantitative estimate of drug-likeness (QED) is 0.321. The molecular weight excluding hydrogens is 373 g/mol. The third-order valence-electron chi connectivity index (χ3n) is 3.97. The summed E-state index contributed by atoms with van der Waals surface area (Å²) in [7, 11) is 0. The molecule has 0 fully saturated rings. The van der Waals surface area contributed by atoms with Crippen molar-refractivity contribution in [1.29, 1.82) is 0 Å². The van der Waals surface area contributed by atoms with Gasteiger partial charge in [0, 0.05) is 0 Å². The third kappa shape index (κ3) is 10.6. The van der Waals surface area contributed by atoms with Gasteiger partial charge in [-0.15, -0.1) is 6.58 Å². The molecule has 0 aliphatic heterocycles. The fourth-order valence-corrected chi connectivity index (χ4v) is 2.76. The zero-order chi connectivity index (χ0) is 21.8. The molecule has 2 rings (SSSR count). The summed E-state index contributed by atoms with van der Waals surface area (Å²) in [5.74, 6) is 1.31. The third-order valence-corrected chi connectivity index (χ3v) is 3.97. The van der Waals surface area contributed by atoms with Gasteiger partial charge < -0.3 is 4.74 Å². The highest BCUT2D eigenvalue weighted by molar-refractivity contribution is 5.28. The molecule has 2 aromatic rings. The Kier molecular flexibility index (Phi) is 10.9. The molecule has 0 N–H and O–H groups in total. The van der Waals surface area contributed by atoms with E-state index in [0.717, 1.165) is 24.3 Å². The molecule has 0 aromatic heterocycles. The summed E-state index contributed by atoms with van der Waals surface area (Å²) in [6.45, 7) is 12.4. The molecule has 0 aliphatic rings. The molecule has 4 heteroatoms. The van der Waals surface area contributed by atoms with Crippen molar-refractivity contribution in [2.45, 2.75) is 47.0 Å². The molecule has 0 atom stereocenters. The van der Waals surface area contributed by atoms with Crippen LogP contribution in [0.4, 0.5) is 13.2 Å². The van der Waals surface area contributed by atoms with E-state index in [1.807, 2.05) is 6.08 Å². The molecule has 0 bridgehead atoms. The minimum absolute atomic E-state index is 0.0674. The Bertz CT molecular complexity index is 756. The van der Waals surface area contributed by atoms with E-state index in [0.29, 0.717) is 5.92 Å². The summed E-state index contributed by atoms with van der Waals surface area (Å²) in [5.41, 5.74) is 3.85. The second-order valence-corrected chi connectivity index (χ2v) is 7.79. The van der Waals surface area contributed by atoms with Crippen molar-refractivity contribution in [1.82, 2.24) is 0 Å². The normalized spacial score (nSPS) is 10.4. The SMILES string of the molecule is C=CCc1ccc(CC(C)C)cc1.CC(C)Cc1ccc(OC(F)=C(F)F)cc1. The lowest BCUT2D eigenvalue weighted by atomic mass is 10.0. The highest BCUT2D eigenvalue weighted by atomic mass is 19.3. The van der Waals surface area contributed by atoms with Crippen molar-refractivity contribution in [3.8, 4) is 5.75 Å². The lowest BCUT2D eigenvalue weighted by Crippen LogP contribution is -1.95. The number of ether oxygens (including phenoxy) is 1. The molecule has 0 unspecified atom stereocenters. The Balaban J connectivity index is 0.000000296. The van der Waals surface area contributed by atoms with Gasteiger partial charge in [0.25, 0.3) is 0 Å². The van der Waals surface area contributed by atoms with Gasteiger partial charge in [0.1, 0.15) is 5.75 Å². The standard InChI is InChI=1S/C13H18.C12H13F3O/c1-4-5-12-6-8-13(9-7-12)10-11(2)3;1-8(2)7-9-3-5-10(6-4-9)16-12(15)11(13)14/h4,6-9,11H,1,5,10H2,2-3H3;3-6,8H,7H2,1-2H3. The molecule has 0 aliphatic carbocycles. The number of benzene rings is 2.